The molecule has 3 N–H and O–H groups in total. The molecule has 0 bridgehead atoms. The summed E-state index contributed by atoms with van der Waals surface area (Å²) in [5, 5.41) is 8.47. The van der Waals surface area contributed by atoms with Gasteiger partial charge in [-0.25, -0.2) is 14.4 Å². The van der Waals surface area contributed by atoms with E-state index in [0.29, 0.717) is 28.5 Å². The van der Waals surface area contributed by atoms with Crippen molar-refractivity contribution in [1.29, 1.82) is 0 Å². The van der Waals surface area contributed by atoms with Crippen LogP contribution in [0.1, 0.15) is 11.1 Å². The zero-order valence-electron chi connectivity index (χ0n) is 13.1. The minimum atomic E-state index is -1.41. The maximum absolute atomic E-state index is 12.4. The molecule has 7 nitrogen and oxygen atoms in total. The van der Waals surface area contributed by atoms with Gasteiger partial charge < -0.3 is 9.47 Å². The number of hydrogen-bond donors (Lipinski definition) is 3. The van der Waals surface area contributed by atoms with E-state index in [1.165, 1.54) is 17.6 Å². The van der Waals surface area contributed by atoms with E-state index in [2.05, 4.69) is 4.72 Å². The molecule has 130 valence electrons. The van der Waals surface area contributed by atoms with Crippen LogP contribution < -0.4 is 19.7 Å². The summed E-state index contributed by atoms with van der Waals surface area (Å²) in [6.07, 6.45) is 2.70. The van der Waals surface area contributed by atoms with Crippen molar-refractivity contribution < 1.29 is 23.7 Å². The van der Waals surface area contributed by atoms with Gasteiger partial charge in [0.25, 0.3) is 5.91 Å². The lowest BCUT2D eigenvalue weighted by Crippen LogP contribution is -2.16. The van der Waals surface area contributed by atoms with Crippen LogP contribution >= 0.6 is 0 Å². The molecule has 0 aliphatic carbocycles. The van der Waals surface area contributed by atoms with Crippen LogP contribution in [0.5, 0.6) is 11.5 Å². The largest absolute Gasteiger partial charge is 0.454 e. The van der Waals surface area contributed by atoms with Gasteiger partial charge in [0.1, 0.15) is 11.0 Å². The summed E-state index contributed by atoms with van der Waals surface area (Å²) in [6.45, 7) is 0.614. The molecule has 1 aliphatic heterocycles. The Kier molecular flexibility index (Phi) is 5.44. The van der Waals surface area contributed by atoms with Crippen molar-refractivity contribution in [3.63, 3.8) is 0 Å². The minimum absolute atomic E-state index is 0.215. The van der Waals surface area contributed by atoms with E-state index in [1.807, 2.05) is 18.2 Å². The highest BCUT2D eigenvalue weighted by Crippen LogP contribution is 2.32. The Balaban J connectivity index is 1.63. The number of rotatable bonds is 6. The summed E-state index contributed by atoms with van der Waals surface area (Å²) in [7, 11) is -1.41. The van der Waals surface area contributed by atoms with Crippen molar-refractivity contribution in [2.45, 2.75) is 11.4 Å². The fourth-order valence-electron chi connectivity index (χ4n) is 2.23. The van der Waals surface area contributed by atoms with Gasteiger partial charge in [0.2, 0.25) is 6.79 Å². The van der Waals surface area contributed by atoms with E-state index in [0.717, 1.165) is 5.56 Å². The molecule has 25 heavy (non-hydrogen) atoms. The third kappa shape index (κ3) is 4.44. The fraction of sp³-hybridized carbons (Fsp3) is 0.118. The lowest BCUT2D eigenvalue weighted by Gasteiger charge is -2.07. The van der Waals surface area contributed by atoms with Gasteiger partial charge in [-0.15, -0.1) is 0 Å². The Labute approximate surface area is 146 Å². The predicted octanol–water partition coefficient (Wildman–Crippen LogP) is 1.75. The molecule has 1 amide bonds. The van der Waals surface area contributed by atoms with Crippen LogP contribution in [-0.2, 0) is 22.3 Å². The second-order valence-electron chi connectivity index (χ2n) is 5.16. The highest BCUT2D eigenvalue weighted by Gasteiger charge is 2.13. The summed E-state index contributed by atoms with van der Waals surface area (Å²) in [5.41, 5.74) is 3.13. The van der Waals surface area contributed by atoms with Gasteiger partial charge in [0.05, 0.1) is 4.90 Å². The third-order valence-corrected chi connectivity index (χ3v) is 4.54. The van der Waals surface area contributed by atoms with Gasteiger partial charge in [-0.1, -0.05) is 18.2 Å². The van der Waals surface area contributed by atoms with Gasteiger partial charge in [-0.2, -0.15) is 0 Å². The molecule has 2 aromatic carbocycles. The lowest BCUT2D eigenvalue weighted by atomic mass is 10.2. The van der Waals surface area contributed by atoms with Crippen molar-refractivity contribution in [2.75, 3.05) is 6.79 Å². The smallest absolute Gasteiger partial charge is 0.267 e. The molecule has 0 fully saturated rings. The van der Waals surface area contributed by atoms with Crippen molar-refractivity contribution >= 4 is 23.0 Å². The highest BCUT2D eigenvalue weighted by atomic mass is 32.2. The van der Waals surface area contributed by atoms with E-state index < -0.39 is 16.9 Å². The number of amides is 1. The van der Waals surface area contributed by atoms with E-state index in [1.54, 1.807) is 24.3 Å². The summed E-state index contributed by atoms with van der Waals surface area (Å²) in [4.78, 5) is 11.6. The molecule has 0 saturated heterocycles. The SMILES string of the molecule is O=C(/C=C/c1cccc(S(=O)NCc2ccc3c(c2)OCO3)c1)NO. The Morgan fingerprint density at radius 3 is 2.88 bits per heavy atom. The van der Waals surface area contributed by atoms with Crippen LogP contribution in [0.3, 0.4) is 0 Å². The zero-order valence-corrected chi connectivity index (χ0v) is 13.9. The van der Waals surface area contributed by atoms with Crippen LogP contribution in [0.15, 0.2) is 53.4 Å². The molecule has 1 unspecified atom stereocenters. The molecular weight excluding hydrogens is 344 g/mol. The molecule has 1 heterocycles. The van der Waals surface area contributed by atoms with Gasteiger partial charge in [0, 0.05) is 12.6 Å². The highest BCUT2D eigenvalue weighted by molar-refractivity contribution is 7.83. The zero-order chi connectivity index (χ0) is 17.6. The molecule has 0 saturated carbocycles. The molecule has 2 aromatic rings. The minimum Gasteiger partial charge on any atom is -0.454 e. The fourth-order valence-corrected chi connectivity index (χ4v) is 3.14. The van der Waals surface area contributed by atoms with E-state index in [9.17, 15) is 9.00 Å². The summed E-state index contributed by atoms with van der Waals surface area (Å²) < 4.78 is 25.9. The van der Waals surface area contributed by atoms with Crippen LogP contribution in [0.2, 0.25) is 0 Å². The average molecular weight is 360 g/mol. The standard InChI is InChI=1S/C17H16N2O5S/c20-17(19-21)7-5-12-2-1-3-14(8-12)25(22)18-10-13-4-6-15-16(9-13)24-11-23-15/h1-9,18,21H,10-11H2,(H,19,20)/b7-5+. The molecule has 3 rings (SSSR count). The van der Waals surface area contributed by atoms with E-state index >= 15 is 0 Å². The maximum atomic E-state index is 12.4. The van der Waals surface area contributed by atoms with Crippen molar-refractivity contribution in [1.82, 2.24) is 10.2 Å². The van der Waals surface area contributed by atoms with Gasteiger partial charge >= 0.3 is 0 Å². The lowest BCUT2D eigenvalue weighted by molar-refractivity contribution is -0.124. The van der Waals surface area contributed by atoms with Gasteiger partial charge in [-0.3, -0.25) is 10.0 Å². The summed E-state index contributed by atoms with van der Waals surface area (Å²) >= 11 is 0. The average Bonchev–Trinajstić information content (AvgIpc) is 3.12. The van der Waals surface area contributed by atoms with Crippen LogP contribution in [0, 0.1) is 0 Å². The topological polar surface area (TPSA) is 96.9 Å². The van der Waals surface area contributed by atoms with E-state index in [4.69, 9.17) is 14.7 Å². The number of carbonyl (C=O) groups excluding carboxylic acids is 1. The van der Waals surface area contributed by atoms with Crippen molar-refractivity contribution in [3.8, 4) is 11.5 Å². The van der Waals surface area contributed by atoms with Crippen molar-refractivity contribution in [2.24, 2.45) is 0 Å². The first kappa shape index (κ1) is 17.2. The second kappa shape index (κ2) is 7.93. The third-order valence-electron chi connectivity index (χ3n) is 3.45. The first-order chi connectivity index (χ1) is 12.2. The summed E-state index contributed by atoms with van der Waals surface area (Å²) in [6, 6.07) is 12.5. The number of fused-ring (bicyclic) bond motifs is 1. The molecule has 8 heteroatoms. The van der Waals surface area contributed by atoms with Crippen LogP contribution in [0.25, 0.3) is 6.08 Å². The molecule has 0 radical (unpaired) electrons. The predicted molar refractivity (Wildman–Crippen MR) is 91.2 cm³/mol. The Hall–Kier alpha value is -2.68. The number of hydrogen-bond acceptors (Lipinski definition) is 5. The molecule has 0 aromatic heterocycles. The Morgan fingerprint density at radius 2 is 2.04 bits per heavy atom. The van der Waals surface area contributed by atoms with Crippen LogP contribution in [-0.4, -0.2) is 22.1 Å². The number of ether oxygens (including phenoxy) is 2. The van der Waals surface area contributed by atoms with Gasteiger partial charge in [0.15, 0.2) is 11.5 Å². The molecule has 1 aliphatic rings. The number of benzene rings is 2. The Morgan fingerprint density at radius 1 is 1.20 bits per heavy atom. The van der Waals surface area contributed by atoms with E-state index in [-0.39, 0.29) is 6.79 Å². The second-order valence-corrected chi connectivity index (χ2v) is 6.46. The molecular formula is C17H16N2O5S. The quantitative estimate of drug-likeness (QED) is 0.414. The van der Waals surface area contributed by atoms with Gasteiger partial charge in [-0.05, 0) is 41.5 Å². The normalized spacial score (nSPS) is 13.8. The van der Waals surface area contributed by atoms with Crippen molar-refractivity contribution in [3.05, 3.63) is 59.7 Å². The number of nitrogens with one attached hydrogen (secondary N) is 2. The maximum Gasteiger partial charge on any atom is 0.267 e. The Bertz CT molecular complexity index is 838. The first-order valence-electron chi connectivity index (χ1n) is 7.42. The van der Waals surface area contributed by atoms with Crippen LogP contribution in [0.4, 0.5) is 0 Å². The molecule has 1 atom stereocenters. The number of hydroxylamine groups is 1. The molecule has 0 spiro atoms. The first-order valence-corrected chi connectivity index (χ1v) is 8.57. The number of carbonyl (C=O) groups is 1. The summed E-state index contributed by atoms with van der Waals surface area (Å²) in [5.74, 6) is 0.753. The monoisotopic (exact) mass is 360 g/mol.